The summed E-state index contributed by atoms with van der Waals surface area (Å²) in [6.45, 7) is 6.50. The van der Waals surface area contributed by atoms with Gasteiger partial charge in [-0.3, -0.25) is 28.8 Å². The van der Waals surface area contributed by atoms with Gasteiger partial charge in [-0.1, -0.05) is 76.6 Å². The van der Waals surface area contributed by atoms with Crippen molar-refractivity contribution in [1.29, 1.82) is 0 Å². The number of nitrogens with one attached hydrogen (secondary N) is 5. The Labute approximate surface area is 281 Å². The van der Waals surface area contributed by atoms with Crippen molar-refractivity contribution in [3.8, 4) is 5.75 Å². The molecule has 5 atom stereocenters. The molecule has 0 aromatic heterocycles. The number of rotatable bonds is 19. The van der Waals surface area contributed by atoms with Crippen LogP contribution in [0.3, 0.4) is 0 Å². The number of benzene rings is 2. The van der Waals surface area contributed by atoms with Crippen LogP contribution >= 0.6 is 0 Å². The number of primary amides is 1. The van der Waals surface area contributed by atoms with E-state index >= 15 is 0 Å². The average molecular weight is 668 g/mol. The molecule has 2 rings (SSSR count). The van der Waals surface area contributed by atoms with Crippen LogP contribution in [0.1, 0.15) is 51.7 Å². The fourth-order valence-corrected chi connectivity index (χ4v) is 4.78. The highest BCUT2D eigenvalue weighted by molar-refractivity contribution is 5.95. The van der Waals surface area contributed by atoms with E-state index in [-0.39, 0.29) is 36.8 Å². The highest BCUT2D eigenvalue weighted by Crippen LogP contribution is 2.12. The maximum atomic E-state index is 13.6. The Morgan fingerprint density at radius 1 is 0.708 bits per heavy atom. The maximum Gasteiger partial charge on any atom is 0.243 e. The van der Waals surface area contributed by atoms with E-state index in [0.717, 1.165) is 11.1 Å². The zero-order valence-corrected chi connectivity index (χ0v) is 28.0. The second-order valence-corrected chi connectivity index (χ2v) is 12.2. The van der Waals surface area contributed by atoms with E-state index in [4.69, 9.17) is 11.5 Å². The van der Waals surface area contributed by atoms with Gasteiger partial charge in [0.15, 0.2) is 0 Å². The summed E-state index contributed by atoms with van der Waals surface area (Å²) in [6.07, 6.45) is 1.13. The van der Waals surface area contributed by atoms with Gasteiger partial charge in [-0.15, -0.1) is 0 Å². The number of carbonyl (C=O) groups excluding carboxylic acids is 6. The molecule has 0 heterocycles. The standard InChI is InChI=1S/C34H49N7O7/c1-5-21(4)30(31(36)45)41-34(48)26(15-20(2)3)40-33(47)27(17-22-9-7-6-8-10-22)39-29(44)19-37-28(43)18-38-32(46)25(35)16-23-11-13-24(42)14-12-23/h6-14,20-21,25-27,30,42H,5,15-19,35H2,1-4H3,(H2,36,45)(H,37,43)(H,38,46)(H,39,44)(H,40,47)(H,41,48)/t21-,25-,26-,27-,30-/m0/s1. The third-order valence-corrected chi connectivity index (χ3v) is 7.69. The first-order valence-electron chi connectivity index (χ1n) is 16.0. The van der Waals surface area contributed by atoms with E-state index in [2.05, 4.69) is 26.6 Å². The van der Waals surface area contributed by atoms with Gasteiger partial charge in [0.1, 0.15) is 23.9 Å². The van der Waals surface area contributed by atoms with E-state index in [1.165, 1.54) is 12.1 Å². The molecule has 0 saturated heterocycles. The number of amides is 6. The van der Waals surface area contributed by atoms with Crippen molar-refractivity contribution in [3.63, 3.8) is 0 Å². The topological polar surface area (TPSA) is 235 Å². The van der Waals surface area contributed by atoms with Gasteiger partial charge in [-0.05, 0) is 47.9 Å². The first-order chi connectivity index (χ1) is 22.7. The highest BCUT2D eigenvalue weighted by atomic mass is 16.3. The van der Waals surface area contributed by atoms with Crippen molar-refractivity contribution in [2.75, 3.05) is 13.1 Å². The van der Waals surface area contributed by atoms with Crippen LogP contribution in [0.2, 0.25) is 0 Å². The Morgan fingerprint density at radius 3 is 1.88 bits per heavy atom. The van der Waals surface area contributed by atoms with Crippen molar-refractivity contribution < 1.29 is 33.9 Å². The average Bonchev–Trinajstić information content (AvgIpc) is 3.05. The predicted molar refractivity (Wildman–Crippen MR) is 180 cm³/mol. The summed E-state index contributed by atoms with van der Waals surface area (Å²) >= 11 is 0. The molecule has 0 fully saturated rings. The van der Waals surface area contributed by atoms with Gasteiger partial charge in [0.05, 0.1) is 19.1 Å². The fraction of sp³-hybridized carbons (Fsp3) is 0.471. The molecule has 0 bridgehead atoms. The smallest absolute Gasteiger partial charge is 0.243 e. The third-order valence-electron chi connectivity index (χ3n) is 7.69. The van der Waals surface area contributed by atoms with Crippen LogP contribution in [0.4, 0.5) is 0 Å². The number of nitrogens with two attached hydrogens (primary N) is 2. The van der Waals surface area contributed by atoms with Gasteiger partial charge in [0.2, 0.25) is 35.4 Å². The van der Waals surface area contributed by atoms with E-state index in [9.17, 15) is 33.9 Å². The second-order valence-electron chi connectivity index (χ2n) is 12.2. The van der Waals surface area contributed by atoms with Crippen molar-refractivity contribution in [2.24, 2.45) is 23.3 Å². The number of aromatic hydroxyl groups is 1. The van der Waals surface area contributed by atoms with E-state index in [1.807, 2.05) is 20.8 Å². The zero-order valence-electron chi connectivity index (χ0n) is 28.0. The summed E-state index contributed by atoms with van der Waals surface area (Å²) in [6, 6.07) is 11.2. The first-order valence-corrected chi connectivity index (χ1v) is 16.0. The van der Waals surface area contributed by atoms with Crippen LogP contribution in [-0.2, 0) is 41.6 Å². The summed E-state index contributed by atoms with van der Waals surface area (Å²) in [7, 11) is 0. The Bertz CT molecular complexity index is 1390. The minimum absolute atomic E-state index is 0.00287. The van der Waals surface area contributed by atoms with Gasteiger partial charge in [-0.2, -0.15) is 0 Å². The van der Waals surface area contributed by atoms with Gasteiger partial charge < -0.3 is 43.2 Å². The van der Waals surface area contributed by atoms with E-state index < -0.39 is 72.7 Å². The molecule has 0 aliphatic rings. The van der Waals surface area contributed by atoms with Gasteiger partial charge in [-0.25, -0.2) is 0 Å². The molecule has 14 heteroatoms. The number of hydrogen-bond acceptors (Lipinski definition) is 8. The molecule has 0 saturated carbocycles. The van der Waals surface area contributed by atoms with Crippen molar-refractivity contribution >= 4 is 35.4 Å². The minimum Gasteiger partial charge on any atom is -0.508 e. The Kier molecular flexibility index (Phi) is 16.0. The number of phenols is 1. The first kappa shape index (κ1) is 39.2. The second kappa shape index (κ2) is 19.6. The SMILES string of the molecule is CC[C@H](C)[C@H](NC(=O)[C@H](CC(C)C)NC(=O)[C@H](Cc1ccccc1)NC(=O)CNC(=O)CNC(=O)[C@@H](N)Cc1ccc(O)cc1)C(N)=O. The molecule has 0 radical (unpaired) electrons. The summed E-state index contributed by atoms with van der Waals surface area (Å²) in [5.74, 6) is -3.93. The molecule has 2 aromatic rings. The largest absolute Gasteiger partial charge is 0.508 e. The molecule has 262 valence electrons. The van der Waals surface area contributed by atoms with Gasteiger partial charge in [0.25, 0.3) is 0 Å². The van der Waals surface area contributed by atoms with Crippen molar-refractivity contribution in [2.45, 2.75) is 77.5 Å². The van der Waals surface area contributed by atoms with Crippen LogP contribution in [0.15, 0.2) is 54.6 Å². The summed E-state index contributed by atoms with van der Waals surface area (Å²) in [5, 5.41) is 22.2. The fourth-order valence-electron chi connectivity index (χ4n) is 4.78. The normalized spacial score (nSPS) is 14.0. The highest BCUT2D eigenvalue weighted by Gasteiger charge is 2.31. The molecular formula is C34H49N7O7. The lowest BCUT2D eigenvalue weighted by Gasteiger charge is -2.27. The molecule has 0 unspecified atom stereocenters. The van der Waals surface area contributed by atoms with Crippen LogP contribution in [-0.4, -0.2) is 77.8 Å². The lowest BCUT2D eigenvalue weighted by molar-refractivity contribution is -0.134. The summed E-state index contributed by atoms with van der Waals surface area (Å²) < 4.78 is 0. The Hall–Kier alpha value is -4.98. The molecule has 2 aromatic carbocycles. The summed E-state index contributed by atoms with van der Waals surface area (Å²) in [4.78, 5) is 76.5. The van der Waals surface area contributed by atoms with Gasteiger partial charge >= 0.3 is 0 Å². The molecule has 10 N–H and O–H groups in total. The Morgan fingerprint density at radius 2 is 1.29 bits per heavy atom. The third kappa shape index (κ3) is 13.8. The quantitative estimate of drug-likeness (QED) is 0.0994. The van der Waals surface area contributed by atoms with Crippen LogP contribution < -0.4 is 38.1 Å². The summed E-state index contributed by atoms with van der Waals surface area (Å²) in [5.41, 5.74) is 12.9. The van der Waals surface area contributed by atoms with Gasteiger partial charge in [0, 0.05) is 6.42 Å². The van der Waals surface area contributed by atoms with Crippen molar-refractivity contribution in [3.05, 3.63) is 65.7 Å². The monoisotopic (exact) mass is 667 g/mol. The zero-order chi connectivity index (χ0) is 35.8. The molecule has 0 spiro atoms. The Balaban J connectivity index is 2.02. The van der Waals surface area contributed by atoms with Crippen molar-refractivity contribution in [1.82, 2.24) is 26.6 Å². The molecule has 0 aliphatic heterocycles. The molecule has 6 amide bonds. The molecule has 14 nitrogen and oxygen atoms in total. The minimum atomic E-state index is -1.11. The van der Waals surface area contributed by atoms with Crippen LogP contribution in [0.25, 0.3) is 0 Å². The number of carbonyl (C=O) groups is 6. The number of hydrogen-bond donors (Lipinski definition) is 8. The maximum absolute atomic E-state index is 13.6. The van der Waals surface area contributed by atoms with Crippen LogP contribution in [0, 0.1) is 11.8 Å². The number of phenolic OH excluding ortho intramolecular Hbond substituents is 1. The molecular weight excluding hydrogens is 618 g/mol. The predicted octanol–water partition coefficient (Wildman–Crippen LogP) is -0.231. The molecule has 48 heavy (non-hydrogen) atoms. The molecule has 0 aliphatic carbocycles. The van der Waals surface area contributed by atoms with E-state index in [1.54, 1.807) is 49.4 Å². The lowest BCUT2D eigenvalue weighted by Crippen LogP contribution is -2.58. The van der Waals surface area contributed by atoms with E-state index in [0.29, 0.717) is 6.42 Å². The lowest BCUT2D eigenvalue weighted by atomic mass is 9.96. The van der Waals surface area contributed by atoms with Crippen LogP contribution in [0.5, 0.6) is 5.75 Å².